The Labute approximate surface area is 124 Å². The molecule has 0 saturated heterocycles. The van der Waals surface area contributed by atoms with Crippen molar-refractivity contribution in [1.82, 2.24) is 14.9 Å². The van der Waals surface area contributed by atoms with E-state index in [1.54, 1.807) is 6.20 Å². The SMILES string of the molecule is CC(C)(C)NCc1oc2ccccc2c1Cn1ccnc1. The Morgan fingerprint density at radius 1 is 1.24 bits per heavy atom. The molecule has 4 nitrogen and oxygen atoms in total. The predicted molar refractivity (Wildman–Crippen MR) is 84.1 cm³/mol. The number of nitrogens with one attached hydrogen (secondary N) is 1. The van der Waals surface area contributed by atoms with Crippen LogP contribution in [0, 0.1) is 0 Å². The van der Waals surface area contributed by atoms with Gasteiger partial charge in [-0.05, 0) is 26.8 Å². The van der Waals surface area contributed by atoms with Crippen molar-refractivity contribution in [2.24, 2.45) is 0 Å². The van der Waals surface area contributed by atoms with Crippen molar-refractivity contribution in [2.45, 2.75) is 39.4 Å². The van der Waals surface area contributed by atoms with Crippen molar-refractivity contribution in [1.29, 1.82) is 0 Å². The second-order valence-electron chi connectivity index (χ2n) is 6.34. The number of imidazole rings is 1. The Kier molecular flexibility index (Phi) is 3.55. The zero-order valence-electron chi connectivity index (χ0n) is 12.8. The van der Waals surface area contributed by atoms with Crippen LogP contribution in [0.25, 0.3) is 11.0 Å². The summed E-state index contributed by atoms with van der Waals surface area (Å²) < 4.78 is 8.11. The molecule has 3 aromatic rings. The number of aromatic nitrogens is 2. The summed E-state index contributed by atoms with van der Waals surface area (Å²) in [5, 5.41) is 4.68. The van der Waals surface area contributed by atoms with Crippen LogP contribution in [0.2, 0.25) is 0 Å². The number of benzene rings is 1. The van der Waals surface area contributed by atoms with Gasteiger partial charge in [0.25, 0.3) is 0 Å². The lowest BCUT2D eigenvalue weighted by molar-refractivity contribution is 0.392. The molecular weight excluding hydrogens is 262 g/mol. The molecule has 0 bridgehead atoms. The Balaban J connectivity index is 1.97. The lowest BCUT2D eigenvalue weighted by Gasteiger charge is -2.20. The van der Waals surface area contributed by atoms with Gasteiger partial charge in [-0.25, -0.2) is 4.98 Å². The van der Waals surface area contributed by atoms with Crippen LogP contribution in [-0.2, 0) is 13.1 Å². The summed E-state index contributed by atoms with van der Waals surface area (Å²) >= 11 is 0. The normalized spacial score (nSPS) is 12.1. The van der Waals surface area contributed by atoms with Gasteiger partial charge in [0.1, 0.15) is 11.3 Å². The number of nitrogens with zero attached hydrogens (tertiary/aromatic N) is 2. The maximum absolute atomic E-state index is 6.05. The van der Waals surface area contributed by atoms with Crippen LogP contribution in [-0.4, -0.2) is 15.1 Å². The van der Waals surface area contributed by atoms with Crippen molar-refractivity contribution in [3.05, 3.63) is 54.3 Å². The summed E-state index contributed by atoms with van der Waals surface area (Å²) in [6.07, 6.45) is 5.61. The first kappa shape index (κ1) is 13.9. The molecular formula is C17H21N3O. The largest absolute Gasteiger partial charge is 0.459 e. The molecule has 0 saturated carbocycles. The fourth-order valence-corrected chi connectivity index (χ4v) is 2.37. The van der Waals surface area contributed by atoms with Crippen LogP contribution in [0.3, 0.4) is 0 Å². The lowest BCUT2D eigenvalue weighted by Crippen LogP contribution is -2.35. The van der Waals surface area contributed by atoms with Crippen LogP contribution in [0.15, 0.2) is 47.4 Å². The molecule has 0 aliphatic carbocycles. The molecule has 4 heteroatoms. The van der Waals surface area contributed by atoms with Crippen LogP contribution < -0.4 is 5.32 Å². The number of rotatable bonds is 4. The zero-order valence-corrected chi connectivity index (χ0v) is 12.8. The van der Waals surface area contributed by atoms with Crippen LogP contribution in [0.5, 0.6) is 0 Å². The third-order valence-corrected chi connectivity index (χ3v) is 3.46. The summed E-state index contributed by atoms with van der Waals surface area (Å²) in [7, 11) is 0. The third-order valence-electron chi connectivity index (χ3n) is 3.46. The second kappa shape index (κ2) is 5.37. The molecule has 0 radical (unpaired) electrons. The molecule has 1 N–H and O–H groups in total. The van der Waals surface area contributed by atoms with E-state index in [0.717, 1.165) is 24.4 Å². The Morgan fingerprint density at radius 2 is 2.05 bits per heavy atom. The van der Waals surface area contributed by atoms with Gasteiger partial charge in [0.2, 0.25) is 0 Å². The first-order valence-electron chi connectivity index (χ1n) is 7.23. The van der Waals surface area contributed by atoms with Crippen LogP contribution in [0.4, 0.5) is 0 Å². The molecule has 0 amide bonds. The number of furan rings is 1. The van der Waals surface area contributed by atoms with E-state index in [9.17, 15) is 0 Å². The highest BCUT2D eigenvalue weighted by Gasteiger charge is 2.16. The van der Waals surface area contributed by atoms with Crippen LogP contribution >= 0.6 is 0 Å². The number of hydrogen-bond donors (Lipinski definition) is 1. The Bertz CT molecular complexity index is 720. The molecule has 2 aromatic heterocycles. The smallest absolute Gasteiger partial charge is 0.134 e. The molecule has 0 unspecified atom stereocenters. The molecule has 0 aliphatic heterocycles. The molecule has 0 atom stereocenters. The van der Waals surface area contributed by atoms with E-state index in [1.807, 2.05) is 24.7 Å². The lowest BCUT2D eigenvalue weighted by atomic mass is 10.1. The van der Waals surface area contributed by atoms with Crippen molar-refractivity contribution in [3.63, 3.8) is 0 Å². The van der Waals surface area contributed by atoms with Gasteiger partial charge in [0, 0.05) is 28.9 Å². The maximum Gasteiger partial charge on any atom is 0.134 e. The minimum atomic E-state index is 0.0608. The molecule has 110 valence electrons. The van der Waals surface area contributed by atoms with Crippen molar-refractivity contribution < 1.29 is 4.42 Å². The van der Waals surface area contributed by atoms with Gasteiger partial charge in [-0.2, -0.15) is 0 Å². The first-order chi connectivity index (χ1) is 10.0. The second-order valence-corrected chi connectivity index (χ2v) is 6.34. The fourth-order valence-electron chi connectivity index (χ4n) is 2.37. The molecule has 0 fully saturated rings. The third kappa shape index (κ3) is 3.16. The fraction of sp³-hybridized carbons (Fsp3) is 0.353. The van der Waals surface area contributed by atoms with E-state index in [0.29, 0.717) is 0 Å². The first-order valence-corrected chi connectivity index (χ1v) is 7.23. The molecule has 2 heterocycles. The average molecular weight is 283 g/mol. The molecule has 3 rings (SSSR count). The van der Waals surface area contributed by atoms with E-state index >= 15 is 0 Å². The van der Waals surface area contributed by atoms with E-state index in [2.05, 4.69) is 47.8 Å². The maximum atomic E-state index is 6.05. The van der Waals surface area contributed by atoms with Crippen LogP contribution in [0.1, 0.15) is 32.1 Å². The van der Waals surface area contributed by atoms with Crippen molar-refractivity contribution >= 4 is 11.0 Å². The number of fused-ring (bicyclic) bond motifs is 1. The van der Waals surface area contributed by atoms with Gasteiger partial charge in [-0.1, -0.05) is 18.2 Å². The highest BCUT2D eigenvalue weighted by molar-refractivity contribution is 5.82. The summed E-state index contributed by atoms with van der Waals surface area (Å²) in [5.41, 5.74) is 2.23. The number of hydrogen-bond acceptors (Lipinski definition) is 3. The van der Waals surface area contributed by atoms with Crippen molar-refractivity contribution in [3.8, 4) is 0 Å². The molecule has 1 aromatic carbocycles. The monoisotopic (exact) mass is 283 g/mol. The quantitative estimate of drug-likeness (QED) is 0.796. The summed E-state index contributed by atoms with van der Waals surface area (Å²) in [6.45, 7) is 7.97. The van der Waals surface area contributed by atoms with Gasteiger partial charge in [-0.15, -0.1) is 0 Å². The van der Waals surface area contributed by atoms with Gasteiger partial charge >= 0.3 is 0 Å². The van der Waals surface area contributed by atoms with Gasteiger partial charge in [0.15, 0.2) is 0 Å². The molecule has 21 heavy (non-hydrogen) atoms. The van der Waals surface area contributed by atoms with Gasteiger partial charge in [-0.3, -0.25) is 0 Å². The summed E-state index contributed by atoms with van der Waals surface area (Å²) in [5.74, 6) is 1.000. The van der Waals surface area contributed by atoms with Gasteiger partial charge < -0.3 is 14.3 Å². The molecule has 0 spiro atoms. The highest BCUT2D eigenvalue weighted by Crippen LogP contribution is 2.27. The molecule has 0 aliphatic rings. The summed E-state index contributed by atoms with van der Waals surface area (Å²) in [6, 6.07) is 8.20. The topological polar surface area (TPSA) is 43.0 Å². The standard InChI is InChI=1S/C17H21N3O/c1-17(2,3)19-10-16-14(11-20-9-8-18-12-20)13-6-4-5-7-15(13)21-16/h4-9,12,19H,10-11H2,1-3H3. The average Bonchev–Trinajstić information content (AvgIpc) is 3.05. The van der Waals surface area contributed by atoms with E-state index in [4.69, 9.17) is 4.42 Å². The minimum absolute atomic E-state index is 0.0608. The minimum Gasteiger partial charge on any atom is -0.459 e. The Morgan fingerprint density at radius 3 is 2.76 bits per heavy atom. The Hall–Kier alpha value is -2.07. The predicted octanol–water partition coefficient (Wildman–Crippen LogP) is 3.57. The zero-order chi connectivity index (χ0) is 14.9. The van der Waals surface area contributed by atoms with Crippen molar-refractivity contribution in [2.75, 3.05) is 0 Å². The van der Waals surface area contributed by atoms with E-state index < -0.39 is 0 Å². The highest BCUT2D eigenvalue weighted by atomic mass is 16.3. The van der Waals surface area contributed by atoms with E-state index in [-0.39, 0.29) is 5.54 Å². The van der Waals surface area contributed by atoms with E-state index in [1.165, 1.54) is 10.9 Å². The van der Waals surface area contributed by atoms with Gasteiger partial charge in [0.05, 0.1) is 19.4 Å². The summed E-state index contributed by atoms with van der Waals surface area (Å²) in [4.78, 5) is 4.11. The number of para-hydroxylation sites is 1.